The fourth-order valence-electron chi connectivity index (χ4n) is 4.36. The van der Waals surface area contributed by atoms with E-state index in [0.29, 0.717) is 13.1 Å². The predicted octanol–water partition coefficient (Wildman–Crippen LogP) is 0.875. The number of primary amides is 1. The number of nitrogens with two attached hydrogens (primary N) is 1. The first-order valence-electron chi connectivity index (χ1n) is 8.78. The zero-order valence-electron chi connectivity index (χ0n) is 15.1. The number of thiophene rings is 1. The molecule has 1 unspecified atom stereocenters. The molecule has 0 aliphatic carbocycles. The van der Waals surface area contributed by atoms with E-state index in [1.807, 2.05) is 45.4 Å². The highest BCUT2D eigenvalue weighted by Gasteiger charge is 2.51. The molecule has 4 heterocycles. The van der Waals surface area contributed by atoms with Crippen molar-refractivity contribution in [3.63, 3.8) is 0 Å². The Bertz CT molecular complexity index is 873. The zero-order valence-corrected chi connectivity index (χ0v) is 15.9. The summed E-state index contributed by atoms with van der Waals surface area (Å²) < 4.78 is 2.05. The smallest absolute Gasteiger partial charge is 0.255 e. The Morgan fingerprint density at radius 1 is 1.35 bits per heavy atom. The van der Waals surface area contributed by atoms with Gasteiger partial charge in [-0.2, -0.15) is 11.3 Å². The Labute approximate surface area is 156 Å². The van der Waals surface area contributed by atoms with Crippen LogP contribution in [-0.4, -0.2) is 57.3 Å². The van der Waals surface area contributed by atoms with Crippen LogP contribution in [-0.2, 0) is 23.8 Å². The number of aromatic nitrogens is 2. The Hall–Kier alpha value is -2.19. The largest absolute Gasteiger partial charge is 0.369 e. The summed E-state index contributed by atoms with van der Waals surface area (Å²) in [6, 6.07) is 0. The van der Waals surface area contributed by atoms with Crippen LogP contribution in [0.15, 0.2) is 17.1 Å². The standard InChI is InChI=1S/C18H23N5O2S/c1-12-8-26-9-13(12)17(25)23-5-3-14-16(20-11-21(14)2)18(23)4-6-22(10-18)7-15(19)24/h8-9,11H,3-7,10H2,1-2H3,(H2,19,24). The Balaban J connectivity index is 1.75. The summed E-state index contributed by atoms with van der Waals surface area (Å²) in [4.78, 5) is 33.5. The number of rotatable bonds is 3. The van der Waals surface area contributed by atoms with E-state index in [0.717, 1.165) is 36.2 Å². The minimum absolute atomic E-state index is 0.0565. The number of likely N-dealkylation sites (tertiary alicyclic amines) is 1. The molecule has 1 atom stereocenters. The summed E-state index contributed by atoms with van der Waals surface area (Å²) in [6.45, 7) is 4.16. The van der Waals surface area contributed by atoms with E-state index in [4.69, 9.17) is 5.73 Å². The summed E-state index contributed by atoms with van der Waals surface area (Å²) in [5.41, 5.74) is 8.83. The average Bonchev–Trinajstić information content (AvgIpc) is 3.28. The fourth-order valence-corrected chi connectivity index (χ4v) is 5.18. The van der Waals surface area contributed by atoms with Gasteiger partial charge < -0.3 is 15.2 Å². The number of nitrogens with zero attached hydrogens (tertiary/aromatic N) is 4. The second-order valence-corrected chi connectivity index (χ2v) is 8.03. The average molecular weight is 373 g/mol. The van der Waals surface area contributed by atoms with Crippen LogP contribution < -0.4 is 5.73 Å². The van der Waals surface area contributed by atoms with E-state index in [2.05, 4.69) is 4.98 Å². The number of aryl methyl sites for hydroxylation is 2. The molecular weight excluding hydrogens is 350 g/mol. The summed E-state index contributed by atoms with van der Waals surface area (Å²) in [7, 11) is 2.00. The molecule has 1 spiro atoms. The highest BCUT2D eigenvalue weighted by Crippen LogP contribution is 2.42. The van der Waals surface area contributed by atoms with Crippen molar-refractivity contribution in [1.29, 1.82) is 0 Å². The van der Waals surface area contributed by atoms with E-state index in [9.17, 15) is 9.59 Å². The lowest BCUT2D eigenvalue weighted by molar-refractivity contribution is -0.119. The van der Waals surface area contributed by atoms with Crippen molar-refractivity contribution in [2.75, 3.05) is 26.2 Å². The first-order valence-corrected chi connectivity index (χ1v) is 9.73. The highest BCUT2D eigenvalue weighted by molar-refractivity contribution is 7.08. The van der Waals surface area contributed by atoms with E-state index in [1.165, 1.54) is 5.69 Å². The van der Waals surface area contributed by atoms with Gasteiger partial charge in [-0.3, -0.25) is 14.5 Å². The lowest BCUT2D eigenvalue weighted by Crippen LogP contribution is -2.55. The molecular formula is C18H23N5O2S. The molecule has 2 N–H and O–H groups in total. The van der Waals surface area contributed by atoms with Gasteiger partial charge in [0, 0.05) is 44.2 Å². The van der Waals surface area contributed by atoms with Gasteiger partial charge in [0.2, 0.25) is 5.91 Å². The van der Waals surface area contributed by atoms with Crippen LogP contribution in [0.2, 0.25) is 0 Å². The molecule has 2 aliphatic rings. The lowest BCUT2D eigenvalue weighted by atomic mass is 9.85. The first-order chi connectivity index (χ1) is 12.4. The predicted molar refractivity (Wildman–Crippen MR) is 98.9 cm³/mol. The molecule has 0 saturated carbocycles. The van der Waals surface area contributed by atoms with Gasteiger partial charge in [-0.15, -0.1) is 0 Å². The van der Waals surface area contributed by atoms with Crippen molar-refractivity contribution in [3.05, 3.63) is 39.6 Å². The molecule has 0 bridgehead atoms. The molecule has 138 valence electrons. The summed E-state index contributed by atoms with van der Waals surface area (Å²) in [5, 5.41) is 3.93. The van der Waals surface area contributed by atoms with Gasteiger partial charge in [-0.1, -0.05) is 0 Å². The number of fused-ring (bicyclic) bond motifs is 2. The van der Waals surface area contributed by atoms with Gasteiger partial charge in [0.1, 0.15) is 5.54 Å². The van der Waals surface area contributed by atoms with Crippen LogP contribution >= 0.6 is 11.3 Å². The van der Waals surface area contributed by atoms with Crippen LogP contribution in [0, 0.1) is 6.92 Å². The zero-order chi connectivity index (χ0) is 18.5. The second kappa shape index (κ2) is 6.21. The van der Waals surface area contributed by atoms with Gasteiger partial charge >= 0.3 is 0 Å². The topological polar surface area (TPSA) is 84.5 Å². The molecule has 2 aromatic rings. The van der Waals surface area contributed by atoms with Crippen molar-refractivity contribution >= 4 is 23.2 Å². The second-order valence-electron chi connectivity index (χ2n) is 7.28. The molecule has 8 heteroatoms. The Morgan fingerprint density at radius 3 is 2.85 bits per heavy atom. The van der Waals surface area contributed by atoms with E-state index < -0.39 is 5.54 Å². The van der Waals surface area contributed by atoms with Gasteiger partial charge in [0.25, 0.3) is 5.91 Å². The van der Waals surface area contributed by atoms with Crippen molar-refractivity contribution < 1.29 is 9.59 Å². The number of hydrogen-bond donors (Lipinski definition) is 1. The third-order valence-electron chi connectivity index (χ3n) is 5.63. The van der Waals surface area contributed by atoms with Crippen LogP contribution in [0.4, 0.5) is 0 Å². The van der Waals surface area contributed by atoms with Gasteiger partial charge in [-0.05, 0) is 24.3 Å². The number of hydrogen-bond acceptors (Lipinski definition) is 5. The van der Waals surface area contributed by atoms with Crippen LogP contribution in [0.3, 0.4) is 0 Å². The number of carbonyl (C=O) groups excluding carboxylic acids is 2. The maximum Gasteiger partial charge on any atom is 0.255 e. The molecule has 1 fully saturated rings. The molecule has 2 aromatic heterocycles. The maximum atomic E-state index is 13.4. The van der Waals surface area contributed by atoms with Crippen LogP contribution in [0.1, 0.15) is 33.7 Å². The van der Waals surface area contributed by atoms with E-state index >= 15 is 0 Å². The molecule has 26 heavy (non-hydrogen) atoms. The molecule has 4 rings (SSSR count). The number of carbonyl (C=O) groups is 2. The maximum absolute atomic E-state index is 13.4. The van der Waals surface area contributed by atoms with Crippen molar-refractivity contribution in [3.8, 4) is 0 Å². The normalized spacial score (nSPS) is 22.8. The Kier molecular flexibility index (Phi) is 4.11. The van der Waals surface area contributed by atoms with Crippen molar-refractivity contribution in [1.82, 2.24) is 19.4 Å². The quantitative estimate of drug-likeness (QED) is 0.865. The highest BCUT2D eigenvalue weighted by atomic mass is 32.1. The van der Waals surface area contributed by atoms with Crippen LogP contribution in [0.25, 0.3) is 0 Å². The third kappa shape index (κ3) is 2.55. The first kappa shape index (κ1) is 17.2. The molecule has 0 radical (unpaired) electrons. The fraction of sp³-hybridized carbons (Fsp3) is 0.500. The van der Waals surface area contributed by atoms with Crippen molar-refractivity contribution in [2.24, 2.45) is 12.8 Å². The number of imidazole rings is 1. The van der Waals surface area contributed by atoms with Gasteiger partial charge in [0.15, 0.2) is 0 Å². The summed E-state index contributed by atoms with van der Waals surface area (Å²) in [5.74, 6) is -0.286. The SMILES string of the molecule is Cc1cscc1C(=O)N1CCc2c(ncn2C)C12CCN(CC(N)=O)C2. The van der Waals surface area contributed by atoms with Crippen LogP contribution in [0.5, 0.6) is 0 Å². The Morgan fingerprint density at radius 2 is 2.15 bits per heavy atom. The van der Waals surface area contributed by atoms with Gasteiger partial charge in [0.05, 0.1) is 24.1 Å². The summed E-state index contributed by atoms with van der Waals surface area (Å²) >= 11 is 1.55. The van der Waals surface area contributed by atoms with Crippen molar-refractivity contribution in [2.45, 2.75) is 25.3 Å². The van der Waals surface area contributed by atoms with E-state index in [-0.39, 0.29) is 18.4 Å². The molecule has 0 aromatic carbocycles. The summed E-state index contributed by atoms with van der Waals surface area (Å²) in [6.07, 6.45) is 3.38. The third-order valence-corrected chi connectivity index (χ3v) is 6.49. The monoisotopic (exact) mass is 373 g/mol. The lowest BCUT2D eigenvalue weighted by Gasteiger charge is -2.44. The molecule has 1 saturated heterocycles. The minimum Gasteiger partial charge on any atom is -0.369 e. The minimum atomic E-state index is -0.490. The molecule has 2 amide bonds. The van der Waals surface area contributed by atoms with E-state index in [1.54, 1.807) is 11.3 Å². The molecule has 7 nitrogen and oxygen atoms in total. The number of amides is 2. The van der Waals surface area contributed by atoms with Gasteiger partial charge in [-0.25, -0.2) is 4.98 Å². The molecule has 2 aliphatic heterocycles.